The quantitative estimate of drug-likeness (QED) is 0.568. The smallest absolute Gasteiger partial charge is 0.256 e. The van der Waals surface area contributed by atoms with Crippen LogP contribution in [0.15, 0.2) is 52.1 Å². The lowest BCUT2D eigenvalue weighted by atomic mass is 9.97. The fraction of sp³-hybridized carbons (Fsp3) is 0.250. The molecule has 5 nitrogen and oxygen atoms in total. The summed E-state index contributed by atoms with van der Waals surface area (Å²) >= 11 is 9.65. The summed E-state index contributed by atoms with van der Waals surface area (Å²) in [6.45, 7) is 0.551. The lowest BCUT2D eigenvalue weighted by Gasteiger charge is -2.35. The highest BCUT2D eigenvalue weighted by atomic mass is 35.5. The van der Waals surface area contributed by atoms with Gasteiger partial charge in [-0.05, 0) is 53.1 Å². The summed E-state index contributed by atoms with van der Waals surface area (Å²) in [7, 11) is -0.751. The number of amides is 1. The van der Waals surface area contributed by atoms with E-state index < -0.39 is 10.0 Å². The van der Waals surface area contributed by atoms with Crippen LogP contribution in [0.5, 0.6) is 0 Å². The lowest BCUT2D eigenvalue weighted by molar-refractivity contribution is 0.0698. The number of carbonyl (C=O) groups excluding carboxylic acids is 1. The molecule has 0 saturated carbocycles. The van der Waals surface area contributed by atoms with Crippen molar-refractivity contribution in [3.63, 3.8) is 0 Å². The highest BCUT2D eigenvalue weighted by molar-refractivity contribution is 7.89. The topological polar surface area (TPSA) is 57.7 Å². The summed E-state index contributed by atoms with van der Waals surface area (Å²) in [5.41, 5.74) is 1.33. The number of benzene rings is 1. The number of thiophene rings is 2. The van der Waals surface area contributed by atoms with Gasteiger partial charge in [-0.15, -0.1) is 22.7 Å². The van der Waals surface area contributed by atoms with Crippen LogP contribution < -0.4 is 0 Å². The Morgan fingerprint density at radius 3 is 2.66 bits per heavy atom. The summed E-state index contributed by atoms with van der Waals surface area (Å²) in [5, 5.41) is 4.29. The highest BCUT2D eigenvalue weighted by Crippen LogP contribution is 2.40. The molecule has 29 heavy (non-hydrogen) atoms. The zero-order valence-corrected chi connectivity index (χ0v) is 19.0. The van der Waals surface area contributed by atoms with Crippen molar-refractivity contribution in [2.75, 3.05) is 20.6 Å². The second-order valence-electron chi connectivity index (χ2n) is 6.89. The van der Waals surface area contributed by atoms with E-state index in [-0.39, 0.29) is 27.4 Å². The first-order chi connectivity index (χ1) is 13.8. The van der Waals surface area contributed by atoms with E-state index in [4.69, 9.17) is 11.6 Å². The molecule has 0 fully saturated rings. The van der Waals surface area contributed by atoms with Gasteiger partial charge in [-0.1, -0.05) is 17.7 Å². The predicted octanol–water partition coefficient (Wildman–Crippen LogP) is 4.50. The number of sulfonamides is 1. The zero-order valence-electron chi connectivity index (χ0n) is 15.8. The van der Waals surface area contributed by atoms with Gasteiger partial charge in [-0.25, -0.2) is 12.7 Å². The minimum Gasteiger partial charge on any atom is -0.326 e. The Morgan fingerprint density at radius 1 is 1.17 bits per heavy atom. The van der Waals surface area contributed by atoms with Crippen molar-refractivity contribution in [2.45, 2.75) is 17.4 Å². The van der Waals surface area contributed by atoms with Crippen LogP contribution in [0.4, 0.5) is 0 Å². The first-order valence-electron chi connectivity index (χ1n) is 8.93. The summed E-state index contributed by atoms with van der Waals surface area (Å²) in [6.07, 6.45) is 0.772. The Balaban J connectivity index is 1.78. The van der Waals surface area contributed by atoms with E-state index in [1.807, 2.05) is 17.5 Å². The molecule has 0 radical (unpaired) electrons. The lowest BCUT2D eigenvalue weighted by Crippen LogP contribution is -2.40. The maximum atomic E-state index is 13.5. The summed E-state index contributed by atoms with van der Waals surface area (Å²) in [5.74, 6) is -0.263. The number of rotatable bonds is 4. The van der Waals surface area contributed by atoms with E-state index >= 15 is 0 Å². The van der Waals surface area contributed by atoms with Crippen LogP contribution in [-0.2, 0) is 16.4 Å². The molecule has 0 bridgehead atoms. The van der Waals surface area contributed by atoms with Crippen LogP contribution in [-0.4, -0.2) is 44.2 Å². The molecular formula is C20H19ClN2O3S3. The largest absolute Gasteiger partial charge is 0.326 e. The number of hydrogen-bond donors (Lipinski definition) is 0. The number of hydrogen-bond acceptors (Lipinski definition) is 5. The first-order valence-corrected chi connectivity index (χ1v) is 12.5. The third-order valence-corrected chi connectivity index (χ3v) is 9.05. The third kappa shape index (κ3) is 3.64. The maximum Gasteiger partial charge on any atom is 0.256 e. The van der Waals surface area contributed by atoms with Crippen molar-refractivity contribution in [1.29, 1.82) is 0 Å². The molecule has 1 aliphatic heterocycles. The van der Waals surface area contributed by atoms with Crippen molar-refractivity contribution >= 4 is 50.2 Å². The van der Waals surface area contributed by atoms with Gasteiger partial charge < -0.3 is 4.90 Å². The fourth-order valence-electron chi connectivity index (χ4n) is 3.48. The molecular weight excluding hydrogens is 448 g/mol. The SMILES string of the molecule is CN(C)S(=O)(=O)c1ccc(Cl)c(C(=O)N2CCc3sccc3[C@H]2c2cccs2)c1. The molecule has 1 aromatic carbocycles. The molecule has 0 saturated heterocycles. The average molecular weight is 467 g/mol. The van der Waals surface area contributed by atoms with Gasteiger partial charge in [0.1, 0.15) is 0 Å². The van der Waals surface area contributed by atoms with Gasteiger partial charge in [0.15, 0.2) is 0 Å². The normalized spacial score (nSPS) is 16.8. The van der Waals surface area contributed by atoms with E-state index in [9.17, 15) is 13.2 Å². The van der Waals surface area contributed by atoms with Crippen LogP contribution in [0, 0.1) is 0 Å². The minimum atomic E-state index is -3.67. The molecule has 1 amide bonds. The van der Waals surface area contributed by atoms with Crippen LogP contribution in [0.1, 0.15) is 31.7 Å². The predicted molar refractivity (Wildman–Crippen MR) is 118 cm³/mol. The summed E-state index contributed by atoms with van der Waals surface area (Å²) < 4.78 is 26.2. The van der Waals surface area contributed by atoms with Gasteiger partial charge in [-0.3, -0.25) is 4.79 Å². The maximum absolute atomic E-state index is 13.5. The fourth-order valence-corrected chi connectivity index (χ4v) is 6.37. The molecule has 0 N–H and O–H groups in total. The molecule has 1 aliphatic rings. The second-order valence-corrected chi connectivity index (χ2v) is 11.4. The Morgan fingerprint density at radius 2 is 1.97 bits per heavy atom. The van der Waals surface area contributed by atoms with Gasteiger partial charge in [-0.2, -0.15) is 0 Å². The van der Waals surface area contributed by atoms with Gasteiger partial charge in [0.25, 0.3) is 5.91 Å². The standard InChI is InChI=1S/C20H19ClN2O3S3/c1-22(2)29(25,26)13-5-6-16(21)15(12-13)20(24)23-9-7-17-14(8-11-28-17)19(23)18-4-3-10-27-18/h3-6,8,10-12,19H,7,9H2,1-2H3/t19-/m0/s1. The van der Waals surface area contributed by atoms with Crippen LogP contribution in [0.3, 0.4) is 0 Å². The van der Waals surface area contributed by atoms with Crippen molar-refractivity contribution in [3.8, 4) is 0 Å². The van der Waals surface area contributed by atoms with Crippen LogP contribution >= 0.6 is 34.3 Å². The number of nitrogens with zero attached hydrogens (tertiary/aromatic N) is 2. The van der Waals surface area contributed by atoms with Gasteiger partial charge in [0.05, 0.1) is 21.5 Å². The number of halogens is 1. The monoisotopic (exact) mass is 466 g/mol. The molecule has 0 spiro atoms. The highest BCUT2D eigenvalue weighted by Gasteiger charge is 2.35. The Hall–Kier alpha value is -1.71. The molecule has 1 atom stereocenters. The molecule has 0 unspecified atom stereocenters. The van der Waals surface area contributed by atoms with Crippen molar-refractivity contribution in [2.24, 2.45) is 0 Å². The van der Waals surface area contributed by atoms with Gasteiger partial charge in [0.2, 0.25) is 10.0 Å². The zero-order chi connectivity index (χ0) is 20.8. The Bertz CT molecular complexity index is 1150. The number of fused-ring (bicyclic) bond motifs is 1. The van der Waals surface area contributed by atoms with E-state index in [0.717, 1.165) is 21.2 Å². The summed E-state index contributed by atoms with van der Waals surface area (Å²) in [6, 6.07) is 10.2. The van der Waals surface area contributed by atoms with Crippen LogP contribution in [0.25, 0.3) is 0 Å². The molecule has 3 aromatic rings. The molecule has 152 valence electrons. The molecule has 2 aromatic heterocycles. The third-order valence-electron chi connectivity index (χ3n) is 4.99. The molecule has 0 aliphatic carbocycles. The van der Waals surface area contributed by atoms with Crippen molar-refractivity contribution < 1.29 is 13.2 Å². The van der Waals surface area contributed by atoms with Gasteiger partial charge >= 0.3 is 0 Å². The van der Waals surface area contributed by atoms with Crippen LogP contribution in [0.2, 0.25) is 5.02 Å². The van der Waals surface area contributed by atoms with Crippen molar-refractivity contribution in [3.05, 3.63) is 73.1 Å². The summed E-state index contributed by atoms with van der Waals surface area (Å²) in [4.78, 5) is 17.8. The van der Waals surface area contributed by atoms with Crippen molar-refractivity contribution in [1.82, 2.24) is 9.21 Å². The Kier molecular flexibility index (Phi) is 5.56. The van der Waals surface area contributed by atoms with E-state index in [2.05, 4.69) is 11.4 Å². The van der Waals surface area contributed by atoms with Gasteiger partial charge in [0, 0.05) is 30.4 Å². The Labute approximate surface area is 183 Å². The van der Waals surface area contributed by atoms with E-state index in [1.165, 1.54) is 37.2 Å². The molecule has 9 heteroatoms. The average Bonchev–Trinajstić information content (AvgIpc) is 3.38. The minimum absolute atomic E-state index is 0.0520. The number of carbonyl (C=O) groups is 1. The second kappa shape index (κ2) is 7.85. The van der Waals surface area contributed by atoms with E-state index in [0.29, 0.717) is 6.54 Å². The first kappa shape index (κ1) is 20.6. The molecule has 3 heterocycles. The molecule has 4 rings (SSSR count). The van der Waals surface area contributed by atoms with E-state index in [1.54, 1.807) is 27.6 Å².